The molecule has 10 aromatic rings. The molecule has 1 nitrogen and oxygen atoms in total. The Bertz CT molecular complexity index is 2820. The highest BCUT2D eigenvalue weighted by Gasteiger charge is 2.22. The first-order chi connectivity index (χ1) is 24.3. The molecule has 1 heteroatoms. The second-order valence-corrected chi connectivity index (χ2v) is 12.8. The molecule has 0 aliphatic heterocycles. The van der Waals surface area contributed by atoms with Gasteiger partial charge in [0, 0.05) is 10.8 Å². The molecular formula is C48H30O. The van der Waals surface area contributed by atoms with Crippen molar-refractivity contribution in [2.24, 2.45) is 0 Å². The van der Waals surface area contributed by atoms with E-state index in [0.29, 0.717) is 0 Å². The first-order valence-corrected chi connectivity index (χ1v) is 16.8. The van der Waals surface area contributed by atoms with Crippen LogP contribution in [0.2, 0.25) is 0 Å². The van der Waals surface area contributed by atoms with Gasteiger partial charge >= 0.3 is 0 Å². The molecule has 0 saturated carbocycles. The second kappa shape index (κ2) is 11.1. The summed E-state index contributed by atoms with van der Waals surface area (Å²) in [6, 6.07) is 65.7. The van der Waals surface area contributed by atoms with Crippen molar-refractivity contribution >= 4 is 54.3 Å². The number of rotatable bonds is 4. The van der Waals surface area contributed by atoms with Crippen LogP contribution in [0, 0.1) is 0 Å². The van der Waals surface area contributed by atoms with Crippen molar-refractivity contribution in [2.75, 3.05) is 0 Å². The number of hydrogen-bond donors (Lipinski definition) is 0. The minimum absolute atomic E-state index is 0.892. The fourth-order valence-corrected chi connectivity index (χ4v) is 7.89. The van der Waals surface area contributed by atoms with Crippen molar-refractivity contribution in [3.63, 3.8) is 0 Å². The molecule has 0 spiro atoms. The van der Waals surface area contributed by atoms with E-state index in [1.165, 1.54) is 71.3 Å². The van der Waals surface area contributed by atoms with E-state index >= 15 is 0 Å². The highest BCUT2D eigenvalue weighted by Crippen LogP contribution is 2.49. The van der Waals surface area contributed by atoms with Crippen LogP contribution in [0.3, 0.4) is 0 Å². The Morgan fingerprint density at radius 1 is 0.286 bits per heavy atom. The molecule has 228 valence electrons. The van der Waals surface area contributed by atoms with Crippen LogP contribution in [-0.2, 0) is 0 Å². The van der Waals surface area contributed by atoms with Crippen LogP contribution in [0.15, 0.2) is 186 Å². The number of furan rings is 1. The Labute approximate surface area is 284 Å². The van der Waals surface area contributed by atoms with Crippen molar-refractivity contribution in [3.8, 4) is 44.5 Å². The van der Waals surface area contributed by atoms with Crippen molar-refractivity contribution in [3.05, 3.63) is 182 Å². The molecule has 9 aromatic carbocycles. The third kappa shape index (κ3) is 4.40. The average molecular weight is 623 g/mol. The normalized spacial score (nSPS) is 11.7. The maximum atomic E-state index is 6.68. The molecule has 0 amide bonds. The number of fused-ring (bicyclic) bond motifs is 6. The van der Waals surface area contributed by atoms with E-state index in [2.05, 4.69) is 182 Å². The van der Waals surface area contributed by atoms with Crippen molar-refractivity contribution in [1.29, 1.82) is 0 Å². The molecule has 1 aromatic heterocycles. The van der Waals surface area contributed by atoms with Crippen molar-refractivity contribution < 1.29 is 4.42 Å². The van der Waals surface area contributed by atoms with E-state index in [-0.39, 0.29) is 0 Å². The van der Waals surface area contributed by atoms with Crippen molar-refractivity contribution in [2.45, 2.75) is 0 Å². The van der Waals surface area contributed by atoms with Crippen LogP contribution in [0.5, 0.6) is 0 Å². The van der Waals surface area contributed by atoms with Gasteiger partial charge in [-0.15, -0.1) is 0 Å². The lowest BCUT2D eigenvalue weighted by Gasteiger charge is -2.19. The maximum Gasteiger partial charge on any atom is 0.136 e. The Morgan fingerprint density at radius 2 is 0.837 bits per heavy atom. The molecule has 0 aliphatic rings. The Morgan fingerprint density at radius 3 is 1.55 bits per heavy atom. The first-order valence-electron chi connectivity index (χ1n) is 16.8. The Kier molecular flexibility index (Phi) is 6.25. The summed E-state index contributed by atoms with van der Waals surface area (Å²) in [4.78, 5) is 0. The fourth-order valence-electron chi connectivity index (χ4n) is 7.89. The van der Waals surface area contributed by atoms with E-state index < -0.39 is 0 Å². The minimum atomic E-state index is 0.892. The standard InChI is InChI=1S/C48H30O/c1-2-15-32(16-3-1)36-18-6-7-19-37(36)35-29-43(48-42-24-12-13-25-44(42)49-45(48)30-35)47-40-22-10-8-20-38(40)46(39-21-9-11-23-41(39)47)34-27-26-31-14-4-5-17-33(31)28-34/h1-30H. The van der Waals surface area contributed by atoms with Crippen LogP contribution in [0.25, 0.3) is 98.8 Å². The summed E-state index contributed by atoms with van der Waals surface area (Å²) in [5.41, 5.74) is 11.4. The molecule has 0 fully saturated rings. The summed E-state index contributed by atoms with van der Waals surface area (Å²) >= 11 is 0. The molecule has 0 unspecified atom stereocenters. The first kappa shape index (κ1) is 27.7. The number of para-hydroxylation sites is 1. The van der Waals surface area contributed by atoms with Crippen LogP contribution in [-0.4, -0.2) is 0 Å². The maximum absolute atomic E-state index is 6.68. The lowest BCUT2D eigenvalue weighted by molar-refractivity contribution is 0.669. The predicted molar refractivity (Wildman–Crippen MR) is 208 cm³/mol. The van der Waals surface area contributed by atoms with Crippen LogP contribution < -0.4 is 0 Å². The van der Waals surface area contributed by atoms with Gasteiger partial charge in [-0.2, -0.15) is 0 Å². The van der Waals surface area contributed by atoms with E-state index in [1.807, 2.05) is 0 Å². The largest absolute Gasteiger partial charge is 0.456 e. The summed E-state index contributed by atoms with van der Waals surface area (Å²) in [7, 11) is 0. The molecule has 0 saturated heterocycles. The zero-order valence-corrected chi connectivity index (χ0v) is 26.7. The molecule has 1 heterocycles. The van der Waals surface area contributed by atoms with E-state index in [4.69, 9.17) is 4.42 Å². The lowest BCUT2D eigenvalue weighted by Crippen LogP contribution is -1.92. The van der Waals surface area contributed by atoms with Crippen LogP contribution in [0.4, 0.5) is 0 Å². The van der Waals surface area contributed by atoms with Gasteiger partial charge in [0.05, 0.1) is 0 Å². The monoisotopic (exact) mass is 622 g/mol. The predicted octanol–water partition coefficient (Wildman–Crippen LogP) is 13.7. The van der Waals surface area contributed by atoms with Gasteiger partial charge in [-0.25, -0.2) is 0 Å². The van der Waals surface area contributed by atoms with Crippen molar-refractivity contribution in [1.82, 2.24) is 0 Å². The third-order valence-corrected chi connectivity index (χ3v) is 10.0. The van der Waals surface area contributed by atoms with Gasteiger partial charge in [0.15, 0.2) is 0 Å². The summed E-state index contributed by atoms with van der Waals surface area (Å²) in [5, 5.41) is 9.69. The molecule has 0 radical (unpaired) electrons. The quantitative estimate of drug-likeness (QED) is 0.178. The lowest BCUT2D eigenvalue weighted by atomic mass is 9.83. The molecule has 0 aliphatic carbocycles. The van der Waals surface area contributed by atoms with Gasteiger partial charge in [-0.05, 0) is 101 Å². The summed E-state index contributed by atoms with van der Waals surface area (Å²) < 4.78 is 6.68. The molecule has 0 atom stereocenters. The van der Waals surface area contributed by atoms with Gasteiger partial charge in [-0.1, -0.05) is 158 Å². The zero-order valence-electron chi connectivity index (χ0n) is 26.7. The minimum Gasteiger partial charge on any atom is -0.456 e. The van der Waals surface area contributed by atoms with Gasteiger partial charge in [0.25, 0.3) is 0 Å². The topological polar surface area (TPSA) is 13.1 Å². The smallest absolute Gasteiger partial charge is 0.136 e. The van der Waals surface area contributed by atoms with Gasteiger partial charge in [0.2, 0.25) is 0 Å². The highest BCUT2D eigenvalue weighted by molar-refractivity contribution is 6.26. The van der Waals surface area contributed by atoms with E-state index in [9.17, 15) is 0 Å². The zero-order chi connectivity index (χ0) is 32.3. The fraction of sp³-hybridized carbons (Fsp3) is 0. The molecular weight excluding hydrogens is 593 g/mol. The summed E-state index contributed by atoms with van der Waals surface area (Å²) in [6.07, 6.45) is 0. The van der Waals surface area contributed by atoms with Gasteiger partial charge in [0.1, 0.15) is 11.2 Å². The molecule has 0 N–H and O–H groups in total. The van der Waals surface area contributed by atoms with Gasteiger partial charge in [-0.3, -0.25) is 0 Å². The van der Waals surface area contributed by atoms with Crippen LogP contribution in [0.1, 0.15) is 0 Å². The van der Waals surface area contributed by atoms with E-state index in [0.717, 1.165) is 27.5 Å². The second-order valence-electron chi connectivity index (χ2n) is 12.8. The number of hydrogen-bond acceptors (Lipinski definition) is 1. The Hall–Kier alpha value is -6.44. The van der Waals surface area contributed by atoms with Crippen LogP contribution >= 0.6 is 0 Å². The summed E-state index contributed by atoms with van der Waals surface area (Å²) in [5.74, 6) is 0. The van der Waals surface area contributed by atoms with E-state index in [1.54, 1.807) is 0 Å². The SMILES string of the molecule is c1ccc(-c2ccccc2-c2cc(-c3c4ccccc4c(-c4ccc5ccccc5c4)c4ccccc34)c3c(c2)oc2ccccc23)cc1. The third-order valence-electron chi connectivity index (χ3n) is 10.0. The molecule has 49 heavy (non-hydrogen) atoms. The molecule has 10 rings (SSSR count). The molecule has 0 bridgehead atoms. The highest BCUT2D eigenvalue weighted by atomic mass is 16.3. The van der Waals surface area contributed by atoms with Gasteiger partial charge < -0.3 is 4.42 Å². The average Bonchev–Trinajstić information content (AvgIpc) is 3.55. The Balaban J connectivity index is 1.34. The number of benzene rings is 9. The summed E-state index contributed by atoms with van der Waals surface area (Å²) in [6.45, 7) is 0.